The average molecular weight is 235 g/mol. The Kier molecular flexibility index (Phi) is 6.67. The summed E-state index contributed by atoms with van der Waals surface area (Å²) in [5.41, 5.74) is 2.59. The summed E-state index contributed by atoms with van der Waals surface area (Å²) in [4.78, 5) is 0. The van der Waals surface area contributed by atoms with Crippen molar-refractivity contribution in [3.8, 4) is 0 Å². The van der Waals surface area contributed by atoms with Crippen LogP contribution in [-0.4, -0.2) is 5.88 Å². The van der Waals surface area contributed by atoms with Gasteiger partial charge in [0.25, 0.3) is 0 Å². The van der Waals surface area contributed by atoms with Gasteiger partial charge in [0.15, 0.2) is 0 Å². The Morgan fingerprint density at radius 3 is 2.62 bits per heavy atom. The summed E-state index contributed by atoms with van der Waals surface area (Å²) in [5, 5.41) is 0. The Balaban J connectivity index is 2.39. The first kappa shape index (κ1) is 13.1. The van der Waals surface area contributed by atoms with Crippen LogP contribution in [0.2, 0.25) is 0 Å². The molecule has 16 heavy (non-hydrogen) atoms. The van der Waals surface area contributed by atoms with E-state index < -0.39 is 0 Å². The predicted molar refractivity (Wildman–Crippen MR) is 73.8 cm³/mol. The van der Waals surface area contributed by atoms with Crippen molar-refractivity contribution in [1.29, 1.82) is 0 Å². The molecule has 0 heterocycles. The highest BCUT2D eigenvalue weighted by molar-refractivity contribution is 6.17. The highest BCUT2D eigenvalue weighted by Crippen LogP contribution is 2.12. The minimum Gasteiger partial charge on any atom is -0.127 e. The van der Waals surface area contributed by atoms with E-state index in [0.29, 0.717) is 0 Å². The van der Waals surface area contributed by atoms with Crippen LogP contribution < -0.4 is 0 Å². The van der Waals surface area contributed by atoms with Crippen LogP contribution in [0.5, 0.6) is 0 Å². The molecule has 0 bridgehead atoms. The minimum absolute atomic E-state index is 0.771. The van der Waals surface area contributed by atoms with Crippen LogP contribution in [0.1, 0.15) is 31.7 Å². The number of halogens is 1. The van der Waals surface area contributed by atoms with Crippen molar-refractivity contribution in [3.05, 3.63) is 54.1 Å². The lowest BCUT2D eigenvalue weighted by Crippen LogP contribution is -1.77. The molecule has 0 unspecified atom stereocenters. The van der Waals surface area contributed by atoms with Gasteiger partial charge in [-0.15, -0.1) is 11.6 Å². The summed E-state index contributed by atoms with van der Waals surface area (Å²) in [6.07, 6.45) is 9.91. The van der Waals surface area contributed by atoms with Crippen LogP contribution in [-0.2, 0) is 0 Å². The Hall–Kier alpha value is -1.01. The second kappa shape index (κ2) is 8.18. The van der Waals surface area contributed by atoms with Crippen LogP contribution in [0.15, 0.2) is 48.6 Å². The molecule has 0 aromatic heterocycles. The topological polar surface area (TPSA) is 0 Å². The lowest BCUT2D eigenvalue weighted by Gasteiger charge is -1.98. The van der Waals surface area contributed by atoms with Crippen molar-refractivity contribution in [3.63, 3.8) is 0 Å². The van der Waals surface area contributed by atoms with Gasteiger partial charge < -0.3 is 0 Å². The third-order valence-corrected chi connectivity index (χ3v) is 2.73. The number of rotatable bonds is 6. The van der Waals surface area contributed by atoms with Gasteiger partial charge in [-0.3, -0.25) is 0 Å². The summed E-state index contributed by atoms with van der Waals surface area (Å²) in [6.45, 7) is 2.14. The lowest BCUT2D eigenvalue weighted by atomic mass is 10.1. The second-order valence-corrected chi connectivity index (χ2v) is 4.21. The lowest BCUT2D eigenvalue weighted by molar-refractivity contribution is 0.820. The van der Waals surface area contributed by atoms with E-state index in [1.165, 1.54) is 17.6 Å². The molecule has 1 aromatic rings. The zero-order chi connectivity index (χ0) is 11.6. The quantitative estimate of drug-likeness (QED) is 0.367. The summed E-state index contributed by atoms with van der Waals surface area (Å²) < 4.78 is 0. The molecule has 0 saturated carbocycles. The smallest absolute Gasteiger partial charge is 0.0223 e. The van der Waals surface area contributed by atoms with Gasteiger partial charge in [0.2, 0.25) is 0 Å². The predicted octanol–water partition coefficient (Wildman–Crippen LogP) is 5.06. The zero-order valence-corrected chi connectivity index (χ0v) is 10.6. The fourth-order valence-corrected chi connectivity index (χ4v) is 1.65. The Morgan fingerprint density at radius 2 is 1.94 bits per heavy atom. The van der Waals surface area contributed by atoms with Gasteiger partial charge in [-0.1, -0.05) is 48.6 Å². The van der Waals surface area contributed by atoms with E-state index >= 15 is 0 Å². The van der Waals surface area contributed by atoms with E-state index in [4.69, 9.17) is 11.6 Å². The Labute approximate surface area is 104 Å². The monoisotopic (exact) mass is 234 g/mol. The summed E-state index contributed by atoms with van der Waals surface area (Å²) in [5.74, 6) is 0.771. The zero-order valence-electron chi connectivity index (χ0n) is 9.83. The molecule has 0 N–H and O–H groups in total. The highest BCUT2D eigenvalue weighted by atomic mass is 35.5. The highest BCUT2D eigenvalue weighted by Gasteiger charge is 1.90. The average Bonchev–Trinajstić information content (AvgIpc) is 2.34. The van der Waals surface area contributed by atoms with Crippen LogP contribution in [0.4, 0.5) is 0 Å². The third-order valence-electron chi connectivity index (χ3n) is 2.47. The molecule has 86 valence electrons. The first-order chi connectivity index (χ1) is 7.84. The molecule has 0 fully saturated rings. The summed E-state index contributed by atoms with van der Waals surface area (Å²) in [7, 11) is 0. The van der Waals surface area contributed by atoms with Gasteiger partial charge in [-0.2, -0.15) is 0 Å². The maximum Gasteiger partial charge on any atom is 0.0223 e. The maximum absolute atomic E-state index is 5.61. The van der Waals surface area contributed by atoms with Crippen molar-refractivity contribution < 1.29 is 0 Å². The molecule has 0 radical (unpaired) electrons. The molecule has 0 aliphatic carbocycles. The molecular weight excluding hydrogens is 216 g/mol. The van der Waals surface area contributed by atoms with Crippen LogP contribution in [0, 0.1) is 0 Å². The van der Waals surface area contributed by atoms with Crippen molar-refractivity contribution in [1.82, 2.24) is 0 Å². The first-order valence-corrected chi connectivity index (χ1v) is 6.33. The molecule has 0 nitrogen and oxygen atoms in total. The van der Waals surface area contributed by atoms with Gasteiger partial charge in [0.1, 0.15) is 0 Å². The number of benzene rings is 1. The normalized spacial score (nSPS) is 12.2. The van der Waals surface area contributed by atoms with Gasteiger partial charge in [0.05, 0.1) is 0 Å². The number of hydrogen-bond donors (Lipinski definition) is 0. The number of alkyl halides is 1. The van der Waals surface area contributed by atoms with Crippen molar-refractivity contribution in [2.45, 2.75) is 26.2 Å². The van der Waals surface area contributed by atoms with Crippen LogP contribution >= 0.6 is 11.6 Å². The first-order valence-electron chi connectivity index (χ1n) is 5.79. The molecule has 0 saturated heterocycles. The van der Waals surface area contributed by atoms with Crippen molar-refractivity contribution in [2.75, 3.05) is 5.88 Å². The fourth-order valence-electron chi connectivity index (χ4n) is 1.46. The molecule has 1 aromatic carbocycles. The van der Waals surface area contributed by atoms with Gasteiger partial charge >= 0.3 is 0 Å². The van der Waals surface area contributed by atoms with Gasteiger partial charge in [-0.25, -0.2) is 0 Å². The van der Waals surface area contributed by atoms with E-state index in [9.17, 15) is 0 Å². The van der Waals surface area contributed by atoms with Crippen LogP contribution in [0.3, 0.4) is 0 Å². The minimum atomic E-state index is 0.771. The molecule has 1 rings (SSSR count). The summed E-state index contributed by atoms with van der Waals surface area (Å²) >= 11 is 5.61. The van der Waals surface area contributed by atoms with Crippen LogP contribution in [0.25, 0.3) is 5.57 Å². The Morgan fingerprint density at radius 1 is 1.19 bits per heavy atom. The molecule has 0 atom stereocenters. The largest absolute Gasteiger partial charge is 0.127 e. The molecule has 1 heteroatoms. The number of hydrogen-bond acceptors (Lipinski definition) is 0. The van der Waals surface area contributed by atoms with Crippen molar-refractivity contribution in [2.24, 2.45) is 0 Å². The van der Waals surface area contributed by atoms with E-state index in [1.807, 2.05) is 6.07 Å². The van der Waals surface area contributed by atoms with E-state index in [1.54, 1.807) is 0 Å². The second-order valence-electron chi connectivity index (χ2n) is 3.83. The molecule has 0 aliphatic heterocycles. The van der Waals surface area contributed by atoms with Crippen molar-refractivity contribution >= 4 is 17.2 Å². The van der Waals surface area contributed by atoms with E-state index in [-0.39, 0.29) is 0 Å². The van der Waals surface area contributed by atoms with E-state index in [2.05, 4.69) is 49.4 Å². The SMILES string of the molecule is C/C(=C\C=C\CCCCCl)c1ccccc1. The third kappa shape index (κ3) is 5.18. The van der Waals surface area contributed by atoms with Gasteiger partial charge in [0, 0.05) is 5.88 Å². The number of unbranched alkanes of at least 4 members (excludes halogenated alkanes) is 2. The summed E-state index contributed by atoms with van der Waals surface area (Å²) in [6, 6.07) is 10.4. The van der Waals surface area contributed by atoms with E-state index in [0.717, 1.165) is 18.7 Å². The molecule has 0 amide bonds. The standard InChI is InChI=1S/C15H19Cl/c1-14(15-11-7-5-8-12-15)10-6-3-2-4-9-13-16/h3,5-8,10-12H,2,4,9,13H2,1H3/b6-3+,14-10+. The Bertz CT molecular complexity index is 336. The molecule has 0 aliphatic rings. The maximum atomic E-state index is 5.61. The molecule has 0 spiro atoms. The molecular formula is C15H19Cl. The fraction of sp³-hybridized carbons (Fsp3) is 0.333. The van der Waals surface area contributed by atoms with Gasteiger partial charge in [-0.05, 0) is 37.3 Å². The number of allylic oxidation sites excluding steroid dienone is 4.